The van der Waals surface area contributed by atoms with E-state index in [1.54, 1.807) is 0 Å². The molecule has 1 unspecified atom stereocenters. The number of benzene rings is 1. The summed E-state index contributed by atoms with van der Waals surface area (Å²) >= 11 is 0. The minimum Gasteiger partial charge on any atom is -0.378 e. The zero-order valence-electron chi connectivity index (χ0n) is 10.2. The van der Waals surface area contributed by atoms with Crippen molar-refractivity contribution in [3.63, 3.8) is 0 Å². The van der Waals surface area contributed by atoms with E-state index < -0.39 is 0 Å². The number of morpholine rings is 1. The average Bonchev–Trinajstić information content (AvgIpc) is 2.69. The number of ether oxygens (including phenoxy) is 1. The van der Waals surface area contributed by atoms with Crippen molar-refractivity contribution in [2.45, 2.75) is 13.0 Å². The van der Waals surface area contributed by atoms with Gasteiger partial charge in [-0.3, -0.25) is 0 Å². The van der Waals surface area contributed by atoms with E-state index in [9.17, 15) is 0 Å². The van der Waals surface area contributed by atoms with Gasteiger partial charge in [0.05, 0.1) is 30.3 Å². The van der Waals surface area contributed by atoms with Crippen LogP contribution in [0.3, 0.4) is 0 Å². The van der Waals surface area contributed by atoms with Crippen molar-refractivity contribution in [2.75, 3.05) is 19.8 Å². The number of para-hydroxylation sites is 1. The fourth-order valence-corrected chi connectivity index (χ4v) is 2.53. The number of nitrogens with one attached hydrogen (secondary N) is 1. The highest BCUT2D eigenvalue weighted by atomic mass is 16.5. The predicted molar refractivity (Wildman–Crippen MR) is 67.0 cm³/mol. The molecular formula is C13H17N3O. The topological polar surface area (TPSA) is 39.1 Å². The Bertz CT molecular complexity index is 541. The Morgan fingerprint density at radius 1 is 1.47 bits per heavy atom. The third-order valence-electron chi connectivity index (χ3n) is 3.36. The quantitative estimate of drug-likeness (QED) is 0.809. The Labute approximate surface area is 101 Å². The third-order valence-corrected chi connectivity index (χ3v) is 3.36. The molecule has 4 nitrogen and oxygen atoms in total. The molecule has 90 valence electrons. The normalized spacial score (nSPS) is 20.9. The first-order valence-corrected chi connectivity index (χ1v) is 6.00. The van der Waals surface area contributed by atoms with Gasteiger partial charge in [0.2, 0.25) is 0 Å². The van der Waals surface area contributed by atoms with E-state index in [1.807, 2.05) is 0 Å². The lowest BCUT2D eigenvalue weighted by Crippen LogP contribution is -2.36. The van der Waals surface area contributed by atoms with Crippen LogP contribution in [0.5, 0.6) is 0 Å². The molecule has 0 saturated carbocycles. The highest BCUT2D eigenvalue weighted by Crippen LogP contribution is 2.23. The molecule has 0 radical (unpaired) electrons. The molecular weight excluding hydrogens is 214 g/mol. The van der Waals surface area contributed by atoms with Crippen LogP contribution >= 0.6 is 0 Å². The molecule has 1 N–H and O–H groups in total. The Hall–Kier alpha value is -1.39. The van der Waals surface area contributed by atoms with Crippen LogP contribution in [-0.4, -0.2) is 29.3 Å². The van der Waals surface area contributed by atoms with Crippen molar-refractivity contribution < 1.29 is 4.74 Å². The van der Waals surface area contributed by atoms with Crippen molar-refractivity contribution in [1.29, 1.82) is 0 Å². The summed E-state index contributed by atoms with van der Waals surface area (Å²) in [5.41, 5.74) is 3.55. The van der Waals surface area contributed by atoms with Crippen molar-refractivity contribution in [3.8, 4) is 0 Å². The minimum atomic E-state index is 0.209. The number of fused-ring (bicyclic) bond motifs is 1. The van der Waals surface area contributed by atoms with Crippen molar-refractivity contribution in [2.24, 2.45) is 7.05 Å². The van der Waals surface area contributed by atoms with E-state index in [2.05, 4.69) is 42.1 Å². The van der Waals surface area contributed by atoms with Gasteiger partial charge in [0.1, 0.15) is 5.82 Å². The van der Waals surface area contributed by atoms with Gasteiger partial charge < -0.3 is 14.6 Å². The fraction of sp³-hybridized carbons (Fsp3) is 0.462. The lowest BCUT2D eigenvalue weighted by Gasteiger charge is -2.23. The van der Waals surface area contributed by atoms with E-state index >= 15 is 0 Å². The predicted octanol–water partition coefficient (Wildman–Crippen LogP) is 1.54. The SMILES string of the molecule is Cc1cccc2nc(C3COCCN3)n(C)c12. The summed E-state index contributed by atoms with van der Waals surface area (Å²) in [6.07, 6.45) is 0. The third kappa shape index (κ3) is 1.73. The van der Waals surface area contributed by atoms with Gasteiger partial charge in [0.15, 0.2) is 0 Å². The fourth-order valence-electron chi connectivity index (χ4n) is 2.53. The molecule has 0 bridgehead atoms. The summed E-state index contributed by atoms with van der Waals surface area (Å²) in [5, 5.41) is 3.45. The van der Waals surface area contributed by atoms with Gasteiger partial charge >= 0.3 is 0 Å². The lowest BCUT2D eigenvalue weighted by molar-refractivity contribution is 0.0735. The lowest BCUT2D eigenvalue weighted by atomic mass is 10.2. The number of hydrogen-bond donors (Lipinski definition) is 1. The molecule has 0 aliphatic carbocycles. The number of rotatable bonds is 1. The zero-order chi connectivity index (χ0) is 11.8. The van der Waals surface area contributed by atoms with Gasteiger partial charge in [-0.2, -0.15) is 0 Å². The van der Waals surface area contributed by atoms with E-state index in [0.717, 1.165) is 24.5 Å². The first kappa shape index (κ1) is 10.7. The monoisotopic (exact) mass is 231 g/mol. The van der Waals surface area contributed by atoms with Crippen LogP contribution in [0, 0.1) is 6.92 Å². The van der Waals surface area contributed by atoms with Crippen LogP contribution in [0.1, 0.15) is 17.4 Å². The second-order valence-electron chi connectivity index (χ2n) is 4.55. The molecule has 3 rings (SSSR count). The summed E-state index contributed by atoms with van der Waals surface area (Å²) in [6.45, 7) is 4.52. The van der Waals surface area contributed by atoms with Crippen LogP contribution in [0.2, 0.25) is 0 Å². The Kier molecular flexibility index (Phi) is 2.61. The highest BCUT2D eigenvalue weighted by molar-refractivity contribution is 5.79. The summed E-state index contributed by atoms with van der Waals surface area (Å²) in [4.78, 5) is 4.72. The van der Waals surface area contributed by atoms with Crippen LogP contribution in [-0.2, 0) is 11.8 Å². The van der Waals surface area contributed by atoms with Gasteiger partial charge in [-0.25, -0.2) is 4.98 Å². The van der Waals surface area contributed by atoms with Crippen LogP contribution < -0.4 is 5.32 Å². The van der Waals surface area contributed by atoms with Crippen LogP contribution in [0.4, 0.5) is 0 Å². The summed E-state index contributed by atoms with van der Waals surface area (Å²) in [5.74, 6) is 1.06. The zero-order valence-corrected chi connectivity index (χ0v) is 10.2. The van der Waals surface area contributed by atoms with Gasteiger partial charge in [0.25, 0.3) is 0 Å². The molecule has 1 aliphatic heterocycles. The second kappa shape index (κ2) is 4.13. The van der Waals surface area contributed by atoms with E-state index in [0.29, 0.717) is 6.61 Å². The minimum absolute atomic E-state index is 0.209. The molecule has 1 fully saturated rings. The average molecular weight is 231 g/mol. The molecule has 0 amide bonds. The molecule has 0 spiro atoms. The largest absolute Gasteiger partial charge is 0.378 e. The highest BCUT2D eigenvalue weighted by Gasteiger charge is 2.21. The molecule has 1 aliphatic rings. The maximum atomic E-state index is 5.50. The van der Waals surface area contributed by atoms with Crippen molar-refractivity contribution in [3.05, 3.63) is 29.6 Å². The molecule has 17 heavy (non-hydrogen) atoms. The van der Waals surface area contributed by atoms with Gasteiger partial charge in [-0.1, -0.05) is 12.1 Å². The number of imidazole rings is 1. The van der Waals surface area contributed by atoms with Gasteiger partial charge in [-0.05, 0) is 18.6 Å². The standard InChI is InChI=1S/C13H17N3O/c1-9-4-3-5-10-12(9)16(2)13(15-10)11-8-17-7-6-14-11/h3-5,11,14H,6-8H2,1-2H3. The molecule has 2 heterocycles. The van der Waals surface area contributed by atoms with Crippen molar-refractivity contribution in [1.82, 2.24) is 14.9 Å². The van der Waals surface area contributed by atoms with E-state index in [-0.39, 0.29) is 6.04 Å². The molecule has 1 saturated heterocycles. The first-order chi connectivity index (χ1) is 8.27. The Balaban J connectivity index is 2.10. The summed E-state index contributed by atoms with van der Waals surface area (Å²) in [7, 11) is 2.08. The molecule has 2 aromatic rings. The van der Waals surface area contributed by atoms with Gasteiger partial charge in [0, 0.05) is 13.6 Å². The molecule has 1 aromatic carbocycles. The Morgan fingerprint density at radius 2 is 2.35 bits per heavy atom. The van der Waals surface area contributed by atoms with Crippen LogP contribution in [0.15, 0.2) is 18.2 Å². The maximum absolute atomic E-state index is 5.50. The Morgan fingerprint density at radius 3 is 3.06 bits per heavy atom. The number of aromatic nitrogens is 2. The smallest absolute Gasteiger partial charge is 0.129 e. The van der Waals surface area contributed by atoms with Gasteiger partial charge in [-0.15, -0.1) is 0 Å². The van der Waals surface area contributed by atoms with E-state index in [1.165, 1.54) is 11.1 Å². The molecule has 4 heteroatoms. The first-order valence-electron chi connectivity index (χ1n) is 6.00. The van der Waals surface area contributed by atoms with Crippen molar-refractivity contribution >= 4 is 11.0 Å². The maximum Gasteiger partial charge on any atom is 0.129 e. The number of hydrogen-bond acceptors (Lipinski definition) is 3. The molecule has 1 atom stereocenters. The number of nitrogens with zero attached hydrogens (tertiary/aromatic N) is 2. The van der Waals surface area contributed by atoms with Crippen LogP contribution in [0.25, 0.3) is 11.0 Å². The summed E-state index contributed by atoms with van der Waals surface area (Å²) in [6, 6.07) is 6.45. The summed E-state index contributed by atoms with van der Waals surface area (Å²) < 4.78 is 7.68. The number of aryl methyl sites for hydroxylation is 2. The molecule has 1 aromatic heterocycles. The second-order valence-corrected chi connectivity index (χ2v) is 4.55. The van der Waals surface area contributed by atoms with E-state index in [4.69, 9.17) is 9.72 Å².